The first-order valence-corrected chi connectivity index (χ1v) is 8.73. The fraction of sp³-hybridized carbons (Fsp3) is 0.200. The molecule has 27 heavy (non-hydrogen) atoms. The molecule has 0 saturated carbocycles. The van der Waals surface area contributed by atoms with Crippen LogP contribution < -0.4 is 10.9 Å². The fourth-order valence-corrected chi connectivity index (χ4v) is 2.87. The molecule has 138 valence electrons. The van der Waals surface area contributed by atoms with Crippen LogP contribution in [0.5, 0.6) is 0 Å². The van der Waals surface area contributed by atoms with Crippen LogP contribution >= 0.6 is 0 Å². The molecular formula is C20H20N4O3. The van der Waals surface area contributed by atoms with Gasteiger partial charge in [0.15, 0.2) is 5.69 Å². The zero-order valence-electron chi connectivity index (χ0n) is 15.2. The molecule has 0 atom stereocenters. The Balaban J connectivity index is 1.82. The maximum atomic E-state index is 12.6. The molecule has 0 aliphatic carbocycles. The van der Waals surface area contributed by atoms with Crippen LogP contribution in [0.4, 0.5) is 5.69 Å². The molecule has 0 spiro atoms. The van der Waals surface area contributed by atoms with Crippen LogP contribution in [-0.4, -0.2) is 40.0 Å². The van der Waals surface area contributed by atoms with Gasteiger partial charge in [0.2, 0.25) is 0 Å². The van der Waals surface area contributed by atoms with E-state index in [1.807, 2.05) is 13.8 Å². The summed E-state index contributed by atoms with van der Waals surface area (Å²) >= 11 is 0. The first kappa shape index (κ1) is 18.3. The van der Waals surface area contributed by atoms with Crippen molar-refractivity contribution in [2.24, 2.45) is 0 Å². The van der Waals surface area contributed by atoms with Crippen molar-refractivity contribution in [2.75, 3.05) is 18.4 Å². The van der Waals surface area contributed by atoms with Gasteiger partial charge in [-0.25, -0.2) is 5.10 Å². The molecule has 7 nitrogen and oxygen atoms in total. The Morgan fingerprint density at radius 3 is 2.26 bits per heavy atom. The summed E-state index contributed by atoms with van der Waals surface area (Å²) in [6.07, 6.45) is 0. The van der Waals surface area contributed by atoms with Gasteiger partial charge in [-0.15, -0.1) is 0 Å². The standard InChI is InChI=1S/C20H20N4O3/c1-3-24(4-2)20(27)13-9-11-14(12-10-13)21-19(26)17-15-7-5-6-8-16(15)18(25)23-22-17/h5-12H,3-4H2,1-2H3,(H,21,26)(H,23,25). The minimum atomic E-state index is -0.440. The molecule has 1 aromatic heterocycles. The van der Waals surface area contributed by atoms with Gasteiger partial charge in [-0.05, 0) is 44.2 Å². The Morgan fingerprint density at radius 1 is 1.00 bits per heavy atom. The quantitative estimate of drug-likeness (QED) is 0.728. The minimum Gasteiger partial charge on any atom is -0.339 e. The zero-order valence-corrected chi connectivity index (χ0v) is 15.2. The Kier molecular flexibility index (Phi) is 5.30. The number of amides is 2. The van der Waals surface area contributed by atoms with Gasteiger partial charge in [0.25, 0.3) is 17.4 Å². The van der Waals surface area contributed by atoms with E-state index in [1.165, 1.54) is 0 Å². The summed E-state index contributed by atoms with van der Waals surface area (Å²) in [5.41, 5.74) is 0.882. The summed E-state index contributed by atoms with van der Waals surface area (Å²) < 4.78 is 0. The molecular weight excluding hydrogens is 344 g/mol. The van der Waals surface area contributed by atoms with Gasteiger partial charge in [0, 0.05) is 29.7 Å². The Labute approximate surface area is 156 Å². The third-order valence-electron chi connectivity index (χ3n) is 4.35. The van der Waals surface area contributed by atoms with Crippen molar-refractivity contribution >= 4 is 28.3 Å². The summed E-state index contributed by atoms with van der Waals surface area (Å²) in [4.78, 5) is 38.5. The summed E-state index contributed by atoms with van der Waals surface area (Å²) in [7, 11) is 0. The normalized spacial score (nSPS) is 10.6. The van der Waals surface area contributed by atoms with Crippen LogP contribution in [0.25, 0.3) is 10.8 Å². The second-order valence-corrected chi connectivity index (χ2v) is 5.96. The summed E-state index contributed by atoms with van der Waals surface area (Å²) in [5.74, 6) is -0.489. The Bertz CT molecular complexity index is 1040. The van der Waals surface area contributed by atoms with Crippen LogP contribution in [-0.2, 0) is 0 Å². The van der Waals surface area contributed by atoms with Crippen LogP contribution in [0, 0.1) is 0 Å². The van der Waals surface area contributed by atoms with Gasteiger partial charge in [0.1, 0.15) is 0 Å². The van der Waals surface area contributed by atoms with Gasteiger partial charge in [0.05, 0.1) is 5.39 Å². The number of carbonyl (C=O) groups excluding carboxylic acids is 2. The second-order valence-electron chi connectivity index (χ2n) is 5.96. The molecule has 0 bridgehead atoms. The average molecular weight is 364 g/mol. The number of rotatable bonds is 5. The first-order valence-electron chi connectivity index (χ1n) is 8.73. The van der Waals surface area contributed by atoms with Crippen molar-refractivity contribution in [1.82, 2.24) is 15.1 Å². The van der Waals surface area contributed by atoms with Crippen molar-refractivity contribution < 1.29 is 9.59 Å². The molecule has 7 heteroatoms. The molecule has 0 saturated heterocycles. The highest BCUT2D eigenvalue weighted by atomic mass is 16.2. The van der Waals surface area contributed by atoms with Crippen LogP contribution in [0.3, 0.4) is 0 Å². The Hall–Kier alpha value is -3.48. The zero-order chi connectivity index (χ0) is 19.4. The summed E-state index contributed by atoms with van der Waals surface area (Å²) in [5, 5.41) is 9.85. The summed E-state index contributed by atoms with van der Waals surface area (Å²) in [6, 6.07) is 13.5. The third kappa shape index (κ3) is 3.72. The number of nitrogens with one attached hydrogen (secondary N) is 2. The lowest BCUT2D eigenvalue weighted by Gasteiger charge is -2.18. The molecule has 3 rings (SSSR count). The van der Waals surface area contributed by atoms with E-state index >= 15 is 0 Å². The lowest BCUT2D eigenvalue weighted by molar-refractivity contribution is 0.0773. The van der Waals surface area contributed by atoms with E-state index in [-0.39, 0.29) is 17.2 Å². The second kappa shape index (κ2) is 7.82. The topological polar surface area (TPSA) is 95.2 Å². The SMILES string of the molecule is CCN(CC)C(=O)c1ccc(NC(=O)c2n[nH]c(=O)c3ccccc23)cc1. The van der Waals surface area contributed by atoms with Gasteiger partial charge < -0.3 is 10.2 Å². The van der Waals surface area contributed by atoms with E-state index in [9.17, 15) is 14.4 Å². The van der Waals surface area contributed by atoms with Crippen LogP contribution in [0.1, 0.15) is 34.7 Å². The number of aromatic nitrogens is 2. The highest BCUT2D eigenvalue weighted by Crippen LogP contribution is 2.16. The van der Waals surface area contributed by atoms with E-state index in [4.69, 9.17) is 0 Å². The summed E-state index contributed by atoms with van der Waals surface area (Å²) in [6.45, 7) is 5.13. The number of nitrogens with zero attached hydrogens (tertiary/aromatic N) is 2. The first-order chi connectivity index (χ1) is 13.0. The largest absolute Gasteiger partial charge is 0.339 e. The predicted molar refractivity (Wildman–Crippen MR) is 104 cm³/mol. The van der Waals surface area contributed by atoms with Crippen molar-refractivity contribution in [2.45, 2.75) is 13.8 Å². The molecule has 0 aliphatic rings. The molecule has 0 radical (unpaired) electrons. The van der Waals surface area contributed by atoms with Crippen molar-refractivity contribution in [3.8, 4) is 0 Å². The monoisotopic (exact) mass is 364 g/mol. The number of hydrogen-bond acceptors (Lipinski definition) is 4. The highest BCUT2D eigenvalue weighted by molar-refractivity contribution is 6.11. The van der Waals surface area contributed by atoms with E-state index in [1.54, 1.807) is 53.4 Å². The maximum Gasteiger partial charge on any atom is 0.276 e. The lowest BCUT2D eigenvalue weighted by atomic mass is 10.1. The minimum absolute atomic E-state index is 0.0498. The van der Waals surface area contributed by atoms with E-state index in [2.05, 4.69) is 15.5 Å². The number of carbonyl (C=O) groups is 2. The molecule has 1 heterocycles. The molecule has 0 fully saturated rings. The number of fused-ring (bicyclic) bond motifs is 1. The number of aromatic amines is 1. The third-order valence-corrected chi connectivity index (χ3v) is 4.35. The lowest BCUT2D eigenvalue weighted by Crippen LogP contribution is -2.30. The van der Waals surface area contributed by atoms with Crippen LogP contribution in [0.15, 0.2) is 53.3 Å². The number of H-pyrrole nitrogens is 1. The van der Waals surface area contributed by atoms with Crippen molar-refractivity contribution in [3.63, 3.8) is 0 Å². The van der Waals surface area contributed by atoms with E-state index < -0.39 is 5.91 Å². The molecule has 0 unspecified atom stereocenters. The van der Waals surface area contributed by atoms with Crippen molar-refractivity contribution in [3.05, 3.63) is 70.1 Å². The van der Waals surface area contributed by atoms with E-state index in [0.717, 1.165) is 0 Å². The van der Waals surface area contributed by atoms with Crippen LogP contribution in [0.2, 0.25) is 0 Å². The van der Waals surface area contributed by atoms with Crippen molar-refractivity contribution in [1.29, 1.82) is 0 Å². The van der Waals surface area contributed by atoms with Gasteiger partial charge >= 0.3 is 0 Å². The molecule has 2 amide bonds. The number of hydrogen-bond donors (Lipinski definition) is 2. The molecule has 2 aromatic carbocycles. The Morgan fingerprint density at radius 2 is 1.63 bits per heavy atom. The molecule has 2 N–H and O–H groups in total. The maximum absolute atomic E-state index is 12.6. The average Bonchev–Trinajstić information content (AvgIpc) is 2.70. The van der Waals surface area contributed by atoms with Gasteiger partial charge in [-0.1, -0.05) is 18.2 Å². The molecule has 0 aliphatic heterocycles. The van der Waals surface area contributed by atoms with Gasteiger partial charge in [-0.3, -0.25) is 14.4 Å². The highest BCUT2D eigenvalue weighted by Gasteiger charge is 2.15. The fourth-order valence-electron chi connectivity index (χ4n) is 2.87. The van der Waals surface area contributed by atoms with E-state index in [0.29, 0.717) is 35.1 Å². The van der Waals surface area contributed by atoms with Gasteiger partial charge in [-0.2, -0.15) is 5.10 Å². The number of anilines is 1. The number of benzene rings is 2. The smallest absolute Gasteiger partial charge is 0.276 e. The predicted octanol–water partition coefficient (Wildman–Crippen LogP) is 2.66. The molecule has 3 aromatic rings.